The molecule has 0 saturated carbocycles. The normalized spacial score (nSPS) is 12.7. The van der Waals surface area contributed by atoms with Gasteiger partial charge in [-0.25, -0.2) is 4.39 Å². The van der Waals surface area contributed by atoms with Crippen molar-refractivity contribution in [2.75, 3.05) is 0 Å². The molecule has 0 fully saturated rings. The Morgan fingerprint density at radius 3 is 2.05 bits per heavy atom. The Kier molecular flexibility index (Phi) is 4.03. The van der Waals surface area contributed by atoms with Crippen LogP contribution in [0.1, 0.15) is 11.1 Å². The Hall–Kier alpha value is -1.55. The zero-order valence-electron chi connectivity index (χ0n) is 10.1. The van der Waals surface area contributed by atoms with Crippen LogP contribution in [0.5, 0.6) is 0 Å². The number of alkyl halides is 6. The summed E-state index contributed by atoms with van der Waals surface area (Å²) in [4.78, 5) is 0. The van der Waals surface area contributed by atoms with Crippen molar-refractivity contribution in [3.8, 4) is 5.69 Å². The van der Waals surface area contributed by atoms with Crippen molar-refractivity contribution < 1.29 is 30.7 Å². The van der Waals surface area contributed by atoms with Crippen molar-refractivity contribution >= 4 is 23.8 Å². The fraction of sp³-hybridized carbons (Fsp3) is 0.182. The molecule has 0 spiro atoms. The van der Waals surface area contributed by atoms with Gasteiger partial charge in [-0.15, -0.1) is 0 Å². The lowest BCUT2D eigenvalue weighted by atomic mass is 10.2. The van der Waals surface area contributed by atoms with Crippen LogP contribution in [0.25, 0.3) is 5.69 Å². The van der Waals surface area contributed by atoms with E-state index in [1.807, 2.05) is 5.10 Å². The molecule has 120 valence electrons. The van der Waals surface area contributed by atoms with Gasteiger partial charge in [-0.1, -0.05) is 23.8 Å². The van der Waals surface area contributed by atoms with Crippen LogP contribution in [-0.2, 0) is 12.4 Å². The first kappa shape index (κ1) is 16.8. The first-order valence-electron chi connectivity index (χ1n) is 5.36. The fourth-order valence-corrected chi connectivity index (χ4v) is 2.24. The average Bonchev–Trinajstić information content (AvgIpc) is 2.68. The number of aromatic amines is 1. The maximum Gasteiger partial charge on any atom is 0.420 e. The van der Waals surface area contributed by atoms with E-state index < -0.39 is 44.6 Å². The second-order valence-electron chi connectivity index (χ2n) is 4.14. The summed E-state index contributed by atoms with van der Waals surface area (Å²) in [6.45, 7) is 0. The summed E-state index contributed by atoms with van der Waals surface area (Å²) in [6.07, 6.45) is -9.22. The van der Waals surface area contributed by atoms with Gasteiger partial charge in [-0.3, -0.25) is 9.78 Å². The minimum absolute atomic E-state index is 0.130. The molecule has 2 rings (SSSR count). The molecule has 0 atom stereocenters. The number of nitrogens with zero attached hydrogens (tertiary/aromatic N) is 1. The van der Waals surface area contributed by atoms with Crippen molar-refractivity contribution in [2.24, 2.45) is 0 Å². The lowest BCUT2D eigenvalue weighted by molar-refractivity contribution is -0.138. The van der Waals surface area contributed by atoms with E-state index in [2.05, 4.69) is 12.2 Å². The van der Waals surface area contributed by atoms with Crippen LogP contribution >= 0.6 is 23.8 Å². The summed E-state index contributed by atoms with van der Waals surface area (Å²) >= 11 is 10.0. The Labute approximate surface area is 128 Å². The highest BCUT2D eigenvalue weighted by Crippen LogP contribution is 2.36. The molecule has 0 aliphatic heterocycles. The fourth-order valence-electron chi connectivity index (χ4n) is 1.67. The van der Waals surface area contributed by atoms with Crippen LogP contribution in [0.4, 0.5) is 30.7 Å². The van der Waals surface area contributed by atoms with Crippen LogP contribution in [-0.4, -0.2) is 9.78 Å². The smallest absolute Gasteiger partial charge is 0.283 e. The molecule has 2 nitrogen and oxygen atoms in total. The van der Waals surface area contributed by atoms with Gasteiger partial charge in [0.2, 0.25) is 0 Å². The van der Waals surface area contributed by atoms with Crippen LogP contribution in [0.15, 0.2) is 18.3 Å². The van der Waals surface area contributed by atoms with Gasteiger partial charge < -0.3 is 0 Å². The summed E-state index contributed by atoms with van der Waals surface area (Å²) in [5.41, 5.74) is -3.32. The summed E-state index contributed by atoms with van der Waals surface area (Å²) in [5.74, 6) is -1.45. The molecule has 0 bridgehead atoms. The maximum absolute atomic E-state index is 13.8. The lowest BCUT2D eigenvalue weighted by Gasteiger charge is -2.12. The topological polar surface area (TPSA) is 20.7 Å². The zero-order chi connectivity index (χ0) is 16.9. The van der Waals surface area contributed by atoms with Gasteiger partial charge in [0.05, 0.1) is 10.6 Å². The maximum atomic E-state index is 13.8. The Morgan fingerprint density at radius 2 is 1.64 bits per heavy atom. The summed E-state index contributed by atoms with van der Waals surface area (Å²) in [5, 5.41) is 1.29. The number of rotatable bonds is 1. The number of H-pyrrole nitrogens is 1. The highest BCUT2D eigenvalue weighted by atomic mass is 35.5. The van der Waals surface area contributed by atoms with Crippen molar-refractivity contribution in [2.45, 2.75) is 12.4 Å². The molecular weight excluding hydrogens is 361 g/mol. The lowest BCUT2D eigenvalue weighted by Crippen LogP contribution is -2.08. The third kappa shape index (κ3) is 3.12. The van der Waals surface area contributed by atoms with E-state index in [-0.39, 0.29) is 6.07 Å². The molecule has 1 heterocycles. The molecule has 11 heteroatoms. The van der Waals surface area contributed by atoms with Crippen LogP contribution in [0, 0.1) is 10.5 Å². The Bertz CT molecular complexity index is 749. The monoisotopic (exact) mass is 364 g/mol. The van der Waals surface area contributed by atoms with Gasteiger partial charge in [0.15, 0.2) is 5.82 Å². The minimum Gasteiger partial charge on any atom is -0.283 e. The van der Waals surface area contributed by atoms with Crippen LogP contribution in [0.2, 0.25) is 5.02 Å². The van der Waals surface area contributed by atoms with Gasteiger partial charge >= 0.3 is 12.4 Å². The number of halogens is 8. The highest BCUT2D eigenvalue weighted by Gasteiger charge is 2.35. The predicted molar refractivity (Wildman–Crippen MR) is 65.9 cm³/mol. The Balaban J connectivity index is 2.62. The number of benzene rings is 1. The molecule has 0 aliphatic rings. The quantitative estimate of drug-likeness (QED) is 0.533. The van der Waals surface area contributed by atoms with E-state index in [4.69, 9.17) is 11.6 Å². The molecule has 1 aromatic carbocycles. The van der Waals surface area contributed by atoms with Gasteiger partial charge in [0.25, 0.3) is 0 Å². The van der Waals surface area contributed by atoms with Gasteiger partial charge in [0.1, 0.15) is 15.9 Å². The van der Waals surface area contributed by atoms with Crippen molar-refractivity contribution in [3.05, 3.63) is 44.9 Å². The molecule has 1 N–H and O–H groups in total. The van der Waals surface area contributed by atoms with Gasteiger partial charge in [0, 0.05) is 6.20 Å². The van der Waals surface area contributed by atoms with E-state index in [1.54, 1.807) is 0 Å². The predicted octanol–water partition coefficient (Wildman–Crippen LogP) is 5.36. The van der Waals surface area contributed by atoms with Gasteiger partial charge in [-0.05, 0) is 12.1 Å². The third-order valence-corrected chi connectivity index (χ3v) is 3.21. The summed E-state index contributed by atoms with van der Waals surface area (Å²) in [7, 11) is 0. The van der Waals surface area contributed by atoms with E-state index in [9.17, 15) is 30.7 Å². The third-order valence-electron chi connectivity index (χ3n) is 2.62. The molecule has 2 aromatic rings. The van der Waals surface area contributed by atoms with E-state index >= 15 is 0 Å². The Morgan fingerprint density at radius 1 is 1.05 bits per heavy atom. The average molecular weight is 365 g/mol. The number of hydrogen-bond donors (Lipinski definition) is 1. The van der Waals surface area contributed by atoms with Crippen molar-refractivity contribution in [1.29, 1.82) is 0 Å². The molecule has 0 saturated heterocycles. The number of aromatic nitrogens is 2. The zero-order valence-corrected chi connectivity index (χ0v) is 11.7. The minimum atomic E-state index is -4.84. The summed E-state index contributed by atoms with van der Waals surface area (Å²) < 4.78 is 88.9. The second kappa shape index (κ2) is 5.27. The van der Waals surface area contributed by atoms with E-state index in [1.165, 1.54) is 0 Å². The molecule has 0 amide bonds. The SMILES string of the molecule is Fc1cc(C(F)(F)F)cc(Cl)c1-n1cc(C(F)(F)F)c(=S)[nH]1. The van der Waals surface area contributed by atoms with Crippen molar-refractivity contribution in [3.63, 3.8) is 0 Å². The first-order chi connectivity index (χ1) is 9.91. The highest BCUT2D eigenvalue weighted by molar-refractivity contribution is 7.71. The second-order valence-corrected chi connectivity index (χ2v) is 4.95. The molecule has 0 unspecified atom stereocenters. The first-order valence-corrected chi connectivity index (χ1v) is 6.15. The van der Waals surface area contributed by atoms with Crippen LogP contribution < -0.4 is 0 Å². The van der Waals surface area contributed by atoms with E-state index in [0.717, 1.165) is 0 Å². The molecule has 0 aliphatic carbocycles. The largest absolute Gasteiger partial charge is 0.420 e. The molecule has 0 radical (unpaired) electrons. The van der Waals surface area contributed by atoms with Crippen LogP contribution in [0.3, 0.4) is 0 Å². The molecule has 1 aromatic heterocycles. The molecule has 22 heavy (non-hydrogen) atoms. The molecular formula is C11H4ClF7N2S. The van der Waals surface area contributed by atoms with Crippen molar-refractivity contribution in [1.82, 2.24) is 9.78 Å². The van der Waals surface area contributed by atoms with E-state index in [0.29, 0.717) is 16.9 Å². The summed E-state index contributed by atoms with van der Waals surface area (Å²) in [6, 6.07) is 0.537. The number of hydrogen-bond acceptors (Lipinski definition) is 1. The number of nitrogens with one attached hydrogen (secondary N) is 1. The standard InChI is InChI=1S/C11H4ClF7N2S/c12-6-1-4(10(14,15)16)2-7(13)8(6)21-3-5(9(22)20-21)11(17,18)19/h1-3H,(H,20,22). The van der Waals surface area contributed by atoms with Gasteiger partial charge in [-0.2, -0.15) is 26.3 Å².